The van der Waals surface area contributed by atoms with E-state index < -0.39 is 28.6 Å². The Bertz CT molecular complexity index is 911. The first-order valence-corrected chi connectivity index (χ1v) is 9.74. The zero-order chi connectivity index (χ0) is 19.3. The minimum atomic E-state index is -1.86. The molecule has 27 heavy (non-hydrogen) atoms. The van der Waals surface area contributed by atoms with Crippen LogP contribution in [0.2, 0.25) is 0 Å². The molecule has 0 unspecified atom stereocenters. The fourth-order valence-corrected chi connectivity index (χ4v) is 5.24. The van der Waals surface area contributed by atoms with Crippen molar-refractivity contribution in [3.8, 4) is 18.2 Å². The van der Waals surface area contributed by atoms with Gasteiger partial charge in [-0.25, -0.2) is 0 Å². The number of nitrogens with one attached hydrogen (secondary N) is 1. The van der Waals surface area contributed by atoms with Gasteiger partial charge in [0.15, 0.2) is 5.41 Å². The van der Waals surface area contributed by atoms with Gasteiger partial charge in [0.05, 0.1) is 24.1 Å². The van der Waals surface area contributed by atoms with Crippen molar-refractivity contribution in [1.82, 2.24) is 0 Å². The highest BCUT2D eigenvalue weighted by Gasteiger charge is 2.80. The molecule has 2 saturated heterocycles. The van der Waals surface area contributed by atoms with Crippen molar-refractivity contribution < 1.29 is 9.47 Å². The van der Waals surface area contributed by atoms with Crippen LogP contribution in [0.3, 0.4) is 0 Å². The van der Waals surface area contributed by atoms with Gasteiger partial charge in [-0.05, 0) is 30.5 Å². The molecule has 2 aliphatic heterocycles. The molecule has 2 bridgehead atoms. The first-order chi connectivity index (χ1) is 13.0. The summed E-state index contributed by atoms with van der Waals surface area (Å²) in [6, 6.07) is 13.5. The largest absolute Gasteiger partial charge is 0.447 e. The van der Waals surface area contributed by atoms with E-state index >= 15 is 0 Å². The number of rotatable bonds is 1. The van der Waals surface area contributed by atoms with Crippen molar-refractivity contribution >= 4 is 21.8 Å². The summed E-state index contributed by atoms with van der Waals surface area (Å²) in [6.45, 7) is 0. The average molecular weight is 425 g/mol. The summed E-state index contributed by atoms with van der Waals surface area (Å²) in [4.78, 5) is 0. The Morgan fingerprint density at radius 1 is 1.04 bits per heavy atom. The van der Waals surface area contributed by atoms with E-state index in [4.69, 9.17) is 14.9 Å². The molecule has 1 N–H and O–H groups in total. The van der Waals surface area contributed by atoms with Crippen LogP contribution in [0.15, 0.2) is 28.7 Å². The van der Waals surface area contributed by atoms with Gasteiger partial charge in [0, 0.05) is 10.9 Å². The molecule has 1 aromatic rings. The van der Waals surface area contributed by atoms with Gasteiger partial charge >= 0.3 is 0 Å². The molecular weight excluding hydrogens is 408 g/mol. The van der Waals surface area contributed by atoms with Crippen molar-refractivity contribution in [2.45, 2.75) is 44.0 Å². The SMILES string of the molecule is N#CC1(C#N)[C@H](c2ccc(Br)cc2)O[C@@]23CCCCC[C@H]2[C@@]1(C#N)C(=N)O3. The summed E-state index contributed by atoms with van der Waals surface area (Å²) in [6.07, 6.45) is 2.83. The maximum absolute atomic E-state index is 10.2. The molecule has 0 radical (unpaired) electrons. The zero-order valence-corrected chi connectivity index (χ0v) is 16.1. The molecule has 1 aromatic carbocycles. The Hall–Kier alpha value is -2.40. The summed E-state index contributed by atoms with van der Waals surface area (Å²) in [5.74, 6) is -1.94. The lowest BCUT2D eigenvalue weighted by Gasteiger charge is -2.49. The Morgan fingerprint density at radius 2 is 1.74 bits per heavy atom. The minimum absolute atomic E-state index is 0.306. The second-order valence-electron chi connectivity index (χ2n) is 7.40. The molecule has 4 atom stereocenters. The smallest absolute Gasteiger partial charge is 0.217 e. The van der Waals surface area contributed by atoms with E-state index in [0.717, 1.165) is 23.7 Å². The van der Waals surface area contributed by atoms with Gasteiger partial charge in [-0.1, -0.05) is 40.9 Å². The first kappa shape index (κ1) is 18.0. The van der Waals surface area contributed by atoms with E-state index in [-0.39, 0.29) is 5.90 Å². The van der Waals surface area contributed by atoms with Crippen LogP contribution in [0.5, 0.6) is 0 Å². The summed E-state index contributed by atoms with van der Waals surface area (Å²) < 4.78 is 13.2. The Labute approximate surface area is 165 Å². The number of hydrogen-bond donors (Lipinski definition) is 1. The highest BCUT2D eigenvalue weighted by Crippen LogP contribution is 2.68. The van der Waals surface area contributed by atoms with E-state index in [1.165, 1.54) is 0 Å². The van der Waals surface area contributed by atoms with Gasteiger partial charge in [-0.2, -0.15) is 15.8 Å². The number of halogens is 1. The van der Waals surface area contributed by atoms with Gasteiger partial charge in [0.2, 0.25) is 17.1 Å². The lowest BCUT2D eigenvalue weighted by molar-refractivity contribution is -0.284. The summed E-state index contributed by atoms with van der Waals surface area (Å²) in [5, 5.41) is 39.0. The third kappa shape index (κ3) is 2.09. The topological polar surface area (TPSA) is 114 Å². The van der Waals surface area contributed by atoms with Gasteiger partial charge in [0.1, 0.15) is 6.10 Å². The van der Waals surface area contributed by atoms with Gasteiger partial charge in [-0.3, -0.25) is 5.41 Å². The highest BCUT2D eigenvalue weighted by atomic mass is 79.9. The number of nitrogens with zero attached hydrogens (tertiary/aromatic N) is 3. The van der Waals surface area contributed by atoms with Crippen molar-refractivity contribution in [2.75, 3.05) is 0 Å². The van der Waals surface area contributed by atoms with Gasteiger partial charge in [-0.15, -0.1) is 0 Å². The van der Waals surface area contributed by atoms with Gasteiger partial charge in [0.25, 0.3) is 0 Å². The van der Waals surface area contributed by atoms with Crippen molar-refractivity contribution in [2.24, 2.45) is 16.7 Å². The molecule has 1 saturated carbocycles. The third-order valence-corrected chi connectivity index (χ3v) is 6.77. The van der Waals surface area contributed by atoms with Crippen LogP contribution in [-0.4, -0.2) is 11.7 Å². The van der Waals surface area contributed by atoms with Crippen LogP contribution in [0, 0.1) is 56.2 Å². The highest BCUT2D eigenvalue weighted by molar-refractivity contribution is 9.10. The van der Waals surface area contributed by atoms with Crippen LogP contribution >= 0.6 is 15.9 Å². The summed E-state index contributed by atoms with van der Waals surface area (Å²) in [7, 11) is 0. The average Bonchev–Trinajstić information content (AvgIpc) is 2.81. The van der Waals surface area contributed by atoms with Crippen LogP contribution in [0.1, 0.15) is 43.8 Å². The van der Waals surface area contributed by atoms with E-state index in [9.17, 15) is 15.8 Å². The maximum Gasteiger partial charge on any atom is 0.217 e. The second-order valence-corrected chi connectivity index (χ2v) is 8.31. The Morgan fingerprint density at radius 3 is 2.37 bits per heavy atom. The van der Waals surface area contributed by atoms with E-state index in [2.05, 4.69) is 34.1 Å². The lowest BCUT2D eigenvalue weighted by Crippen LogP contribution is -2.59. The molecule has 2 heterocycles. The molecule has 4 rings (SSSR count). The van der Waals surface area contributed by atoms with Crippen LogP contribution < -0.4 is 0 Å². The summed E-state index contributed by atoms with van der Waals surface area (Å²) in [5.41, 5.74) is -2.88. The molecule has 0 aromatic heterocycles. The van der Waals surface area contributed by atoms with E-state index in [1.807, 2.05) is 12.1 Å². The minimum Gasteiger partial charge on any atom is -0.447 e. The zero-order valence-electron chi connectivity index (χ0n) is 14.5. The fraction of sp³-hybridized carbons (Fsp3) is 0.500. The first-order valence-electron chi connectivity index (χ1n) is 8.95. The number of nitriles is 3. The van der Waals surface area contributed by atoms with Crippen LogP contribution in [-0.2, 0) is 9.47 Å². The van der Waals surface area contributed by atoms with Crippen LogP contribution in [0.25, 0.3) is 0 Å². The predicted molar refractivity (Wildman–Crippen MR) is 97.8 cm³/mol. The molecule has 3 fully saturated rings. The number of hydrogen-bond acceptors (Lipinski definition) is 6. The molecule has 7 heteroatoms. The third-order valence-electron chi connectivity index (χ3n) is 6.24. The predicted octanol–water partition coefficient (Wildman–Crippen LogP) is 4.35. The van der Waals surface area contributed by atoms with Crippen molar-refractivity contribution in [3.05, 3.63) is 34.3 Å². The molecule has 6 nitrogen and oxygen atoms in total. The number of benzene rings is 1. The second kappa shape index (κ2) is 6.06. The number of ether oxygens (including phenoxy) is 2. The maximum atomic E-state index is 10.2. The molecule has 3 aliphatic rings. The molecule has 1 aliphatic carbocycles. The van der Waals surface area contributed by atoms with Gasteiger partial charge < -0.3 is 9.47 Å². The van der Waals surface area contributed by atoms with Crippen molar-refractivity contribution in [1.29, 1.82) is 21.2 Å². The molecule has 0 amide bonds. The quantitative estimate of drug-likeness (QED) is 0.719. The molecular formula is C20H17BrN4O2. The monoisotopic (exact) mass is 424 g/mol. The van der Waals surface area contributed by atoms with Crippen molar-refractivity contribution in [3.63, 3.8) is 0 Å². The molecule has 136 valence electrons. The fourth-order valence-electron chi connectivity index (χ4n) is 4.98. The standard InChI is InChI=1S/C20H17BrN4O2/c21-14-7-5-13(6-8-14)16-18(10-22,11-23)19(12-24)15-4-2-1-3-9-20(15,26-16)27-17(19)25/h5-8,15-16,25H,1-4,9H2/t15-,16-,19-,20+/m0/s1. The Kier molecular flexibility index (Phi) is 4.04. The van der Waals surface area contributed by atoms with E-state index in [1.54, 1.807) is 12.1 Å². The summed E-state index contributed by atoms with van der Waals surface area (Å²) >= 11 is 3.38. The van der Waals surface area contributed by atoms with Crippen LogP contribution in [0.4, 0.5) is 0 Å². The lowest BCUT2D eigenvalue weighted by atomic mass is 9.52. The molecule has 0 spiro atoms. The van der Waals surface area contributed by atoms with E-state index in [0.29, 0.717) is 18.4 Å². The normalized spacial score (nSPS) is 36.3. The Balaban J connectivity index is 1.99.